The van der Waals surface area contributed by atoms with Crippen molar-refractivity contribution in [3.05, 3.63) is 34.3 Å². The van der Waals surface area contributed by atoms with Crippen LogP contribution in [0.5, 0.6) is 0 Å². The van der Waals surface area contributed by atoms with Crippen molar-refractivity contribution in [1.82, 2.24) is 0 Å². The van der Waals surface area contributed by atoms with E-state index < -0.39 is 0 Å². The highest BCUT2D eigenvalue weighted by Gasteiger charge is 2.11. The van der Waals surface area contributed by atoms with Crippen LogP contribution in [0.15, 0.2) is 18.2 Å². The lowest BCUT2D eigenvalue weighted by molar-refractivity contribution is -0.142. The van der Waals surface area contributed by atoms with Crippen LogP contribution in [0.25, 0.3) is 0 Å². The van der Waals surface area contributed by atoms with Gasteiger partial charge in [0.05, 0.1) is 24.7 Å². The van der Waals surface area contributed by atoms with Crippen molar-refractivity contribution in [2.75, 3.05) is 6.61 Å². The Labute approximate surface area is 93.2 Å². The van der Waals surface area contributed by atoms with Crippen LogP contribution in [0.1, 0.15) is 18.1 Å². The van der Waals surface area contributed by atoms with E-state index in [0.717, 1.165) is 0 Å². The van der Waals surface area contributed by atoms with E-state index in [2.05, 4.69) is 0 Å². The van der Waals surface area contributed by atoms with Gasteiger partial charge in [-0.05, 0) is 24.6 Å². The fourth-order valence-corrected chi connectivity index (χ4v) is 1.44. The average molecular weight is 224 g/mol. The SMILES string of the molecule is CCOC(=O)Cc1c(Cl)cccc1C#N. The van der Waals surface area contributed by atoms with Gasteiger partial charge >= 0.3 is 5.97 Å². The topological polar surface area (TPSA) is 50.1 Å². The number of halogens is 1. The molecule has 4 heteroatoms. The average Bonchev–Trinajstić information content (AvgIpc) is 2.21. The van der Waals surface area contributed by atoms with Gasteiger partial charge in [-0.3, -0.25) is 4.79 Å². The Balaban J connectivity index is 2.94. The van der Waals surface area contributed by atoms with E-state index in [1.807, 2.05) is 6.07 Å². The first-order valence-electron chi connectivity index (χ1n) is 4.52. The molecule has 0 atom stereocenters. The van der Waals surface area contributed by atoms with Gasteiger partial charge in [-0.25, -0.2) is 0 Å². The minimum absolute atomic E-state index is 0.0381. The number of hydrogen-bond donors (Lipinski definition) is 0. The summed E-state index contributed by atoms with van der Waals surface area (Å²) in [7, 11) is 0. The van der Waals surface area contributed by atoms with Crippen LogP contribution >= 0.6 is 11.6 Å². The number of carbonyl (C=O) groups is 1. The zero-order chi connectivity index (χ0) is 11.3. The van der Waals surface area contributed by atoms with Gasteiger partial charge in [0.25, 0.3) is 0 Å². The molecule has 0 radical (unpaired) electrons. The Morgan fingerprint density at radius 1 is 1.60 bits per heavy atom. The van der Waals surface area contributed by atoms with Crippen molar-refractivity contribution in [1.29, 1.82) is 5.26 Å². The van der Waals surface area contributed by atoms with Crippen LogP contribution in [-0.4, -0.2) is 12.6 Å². The molecule has 0 bridgehead atoms. The summed E-state index contributed by atoms with van der Waals surface area (Å²) in [4.78, 5) is 11.2. The summed E-state index contributed by atoms with van der Waals surface area (Å²) in [6.07, 6.45) is 0.0381. The Kier molecular flexibility index (Phi) is 4.14. The summed E-state index contributed by atoms with van der Waals surface area (Å²) in [5, 5.41) is 9.24. The van der Waals surface area contributed by atoms with Crippen molar-refractivity contribution < 1.29 is 9.53 Å². The molecule has 0 saturated heterocycles. The highest BCUT2D eigenvalue weighted by Crippen LogP contribution is 2.20. The van der Waals surface area contributed by atoms with Crippen LogP contribution in [0.2, 0.25) is 5.02 Å². The summed E-state index contributed by atoms with van der Waals surface area (Å²) in [5.41, 5.74) is 0.940. The molecule has 0 unspecified atom stereocenters. The summed E-state index contributed by atoms with van der Waals surface area (Å²) >= 11 is 5.89. The molecule has 0 N–H and O–H groups in total. The van der Waals surface area contributed by atoms with E-state index in [1.165, 1.54) is 0 Å². The molecule has 78 valence electrons. The third kappa shape index (κ3) is 2.97. The van der Waals surface area contributed by atoms with Crippen LogP contribution in [0, 0.1) is 11.3 Å². The van der Waals surface area contributed by atoms with Crippen molar-refractivity contribution in [3.63, 3.8) is 0 Å². The maximum Gasteiger partial charge on any atom is 0.310 e. The first-order chi connectivity index (χ1) is 7.19. The van der Waals surface area contributed by atoms with Crippen LogP contribution < -0.4 is 0 Å². The van der Waals surface area contributed by atoms with Gasteiger partial charge in [0.15, 0.2) is 0 Å². The molecule has 3 nitrogen and oxygen atoms in total. The molecule has 0 aliphatic heterocycles. The third-order valence-electron chi connectivity index (χ3n) is 1.87. The van der Waals surface area contributed by atoms with E-state index in [0.29, 0.717) is 22.8 Å². The second kappa shape index (κ2) is 5.38. The summed E-state index contributed by atoms with van der Waals surface area (Å²) in [5.74, 6) is -0.373. The van der Waals surface area contributed by atoms with Gasteiger partial charge in [0.1, 0.15) is 0 Å². The number of benzene rings is 1. The highest BCUT2D eigenvalue weighted by molar-refractivity contribution is 6.31. The normalized spacial score (nSPS) is 9.40. The third-order valence-corrected chi connectivity index (χ3v) is 2.22. The Bertz CT molecular complexity index is 410. The van der Waals surface area contributed by atoms with Crippen LogP contribution in [0.4, 0.5) is 0 Å². The number of hydrogen-bond acceptors (Lipinski definition) is 3. The van der Waals surface area contributed by atoms with Crippen molar-refractivity contribution in [2.45, 2.75) is 13.3 Å². The van der Waals surface area contributed by atoms with E-state index in [1.54, 1.807) is 25.1 Å². The number of ether oxygens (including phenoxy) is 1. The minimum atomic E-state index is -0.373. The van der Waals surface area contributed by atoms with E-state index >= 15 is 0 Å². The number of rotatable bonds is 3. The molecular formula is C11H10ClNO2. The van der Waals surface area contributed by atoms with Gasteiger partial charge in [0, 0.05) is 5.02 Å². The molecular weight excluding hydrogens is 214 g/mol. The van der Waals surface area contributed by atoms with Crippen LogP contribution in [-0.2, 0) is 16.0 Å². The lowest BCUT2D eigenvalue weighted by Crippen LogP contribution is -2.09. The maximum absolute atomic E-state index is 11.2. The first kappa shape index (κ1) is 11.5. The largest absolute Gasteiger partial charge is 0.466 e. The van der Waals surface area contributed by atoms with Crippen molar-refractivity contribution >= 4 is 17.6 Å². The van der Waals surface area contributed by atoms with Gasteiger partial charge in [-0.2, -0.15) is 5.26 Å². The molecule has 0 fully saturated rings. The summed E-state index contributed by atoms with van der Waals surface area (Å²) < 4.78 is 4.79. The number of esters is 1. The molecule has 0 spiro atoms. The molecule has 0 aliphatic carbocycles. The molecule has 1 rings (SSSR count). The highest BCUT2D eigenvalue weighted by atomic mass is 35.5. The Morgan fingerprint density at radius 3 is 2.93 bits per heavy atom. The van der Waals surface area contributed by atoms with E-state index in [-0.39, 0.29) is 12.4 Å². The lowest BCUT2D eigenvalue weighted by atomic mass is 10.1. The Morgan fingerprint density at radius 2 is 2.33 bits per heavy atom. The number of nitriles is 1. The second-order valence-electron chi connectivity index (χ2n) is 2.86. The van der Waals surface area contributed by atoms with Crippen molar-refractivity contribution in [3.8, 4) is 6.07 Å². The predicted molar refractivity (Wildman–Crippen MR) is 56.5 cm³/mol. The number of nitrogens with zero attached hydrogens (tertiary/aromatic N) is 1. The molecule has 1 aromatic carbocycles. The molecule has 0 heterocycles. The fourth-order valence-electron chi connectivity index (χ4n) is 1.20. The first-order valence-corrected chi connectivity index (χ1v) is 4.90. The van der Waals surface area contributed by atoms with E-state index in [9.17, 15) is 4.79 Å². The molecule has 0 amide bonds. The standard InChI is InChI=1S/C11H10ClNO2/c1-2-15-11(14)6-9-8(7-13)4-3-5-10(9)12/h3-5H,2,6H2,1H3. The molecule has 1 aromatic rings. The summed E-state index contributed by atoms with van der Waals surface area (Å²) in [6, 6.07) is 6.94. The smallest absolute Gasteiger partial charge is 0.310 e. The lowest BCUT2D eigenvalue weighted by Gasteiger charge is -2.05. The van der Waals surface area contributed by atoms with Gasteiger partial charge in [-0.1, -0.05) is 17.7 Å². The molecule has 0 aliphatic rings. The minimum Gasteiger partial charge on any atom is -0.466 e. The van der Waals surface area contributed by atoms with Crippen molar-refractivity contribution in [2.24, 2.45) is 0 Å². The van der Waals surface area contributed by atoms with E-state index in [4.69, 9.17) is 21.6 Å². The maximum atomic E-state index is 11.2. The molecule has 15 heavy (non-hydrogen) atoms. The predicted octanol–water partition coefficient (Wildman–Crippen LogP) is 2.32. The van der Waals surface area contributed by atoms with Crippen LogP contribution in [0.3, 0.4) is 0 Å². The second-order valence-corrected chi connectivity index (χ2v) is 3.27. The molecule has 0 saturated carbocycles. The molecule has 0 aromatic heterocycles. The zero-order valence-electron chi connectivity index (χ0n) is 8.29. The summed E-state index contributed by atoms with van der Waals surface area (Å²) in [6.45, 7) is 2.06. The fraction of sp³-hybridized carbons (Fsp3) is 0.273. The monoisotopic (exact) mass is 223 g/mol. The quantitative estimate of drug-likeness (QED) is 0.739. The van der Waals surface area contributed by atoms with Gasteiger partial charge < -0.3 is 4.74 Å². The van der Waals surface area contributed by atoms with Gasteiger partial charge in [0.2, 0.25) is 0 Å². The van der Waals surface area contributed by atoms with Gasteiger partial charge in [-0.15, -0.1) is 0 Å². The zero-order valence-corrected chi connectivity index (χ0v) is 9.04. The Hall–Kier alpha value is -1.53. The number of carbonyl (C=O) groups excluding carboxylic acids is 1.